The van der Waals surface area contributed by atoms with Gasteiger partial charge in [-0.15, -0.1) is 0 Å². The topological polar surface area (TPSA) is 74.8 Å². The van der Waals surface area contributed by atoms with Crippen molar-refractivity contribution in [1.82, 2.24) is 10.2 Å². The SMILES string of the molecule is Cc1[nH]ncc1CNc1ccccc1S(=O)(=O)C(F)(F)F. The van der Waals surface area contributed by atoms with Crippen LogP contribution in [0.5, 0.6) is 0 Å². The average molecular weight is 319 g/mol. The van der Waals surface area contributed by atoms with E-state index in [9.17, 15) is 21.6 Å². The van der Waals surface area contributed by atoms with Crippen LogP contribution < -0.4 is 5.32 Å². The lowest BCUT2D eigenvalue weighted by atomic mass is 10.2. The second kappa shape index (κ2) is 5.40. The van der Waals surface area contributed by atoms with Gasteiger partial charge < -0.3 is 5.32 Å². The maximum atomic E-state index is 12.6. The number of aromatic nitrogens is 2. The second-order valence-electron chi connectivity index (χ2n) is 4.32. The summed E-state index contributed by atoms with van der Waals surface area (Å²) in [6, 6.07) is 4.91. The zero-order chi connectivity index (χ0) is 15.7. The number of aryl methyl sites for hydroxylation is 1. The standard InChI is InChI=1S/C12H12F3N3O2S/c1-8-9(7-17-18-8)6-16-10-4-2-3-5-11(10)21(19,20)12(13,14)15/h2-5,7,16H,6H2,1H3,(H,17,18). The molecule has 0 aliphatic carbocycles. The van der Waals surface area contributed by atoms with Crippen molar-refractivity contribution in [3.63, 3.8) is 0 Å². The van der Waals surface area contributed by atoms with Gasteiger partial charge in [0.15, 0.2) is 0 Å². The Morgan fingerprint density at radius 1 is 1.29 bits per heavy atom. The summed E-state index contributed by atoms with van der Waals surface area (Å²) in [6.07, 6.45) is 1.52. The van der Waals surface area contributed by atoms with Crippen LogP contribution in [-0.4, -0.2) is 24.1 Å². The number of hydrogen-bond acceptors (Lipinski definition) is 4. The predicted octanol–water partition coefficient (Wildman–Crippen LogP) is 2.62. The number of halogens is 3. The number of rotatable bonds is 4. The molecule has 1 heterocycles. The minimum Gasteiger partial charge on any atom is -0.380 e. The predicted molar refractivity (Wildman–Crippen MR) is 70.3 cm³/mol. The molecule has 0 aliphatic heterocycles. The summed E-state index contributed by atoms with van der Waals surface area (Å²) in [5.74, 6) is 0. The van der Waals surface area contributed by atoms with Crippen molar-refractivity contribution in [2.75, 3.05) is 5.32 Å². The first-order valence-electron chi connectivity index (χ1n) is 5.86. The molecular formula is C12H12F3N3O2S. The van der Waals surface area contributed by atoms with Crippen LogP contribution in [0.3, 0.4) is 0 Å². The lowest BCUT2D eigenvalue weighted by Gasteiger charge is -2.13. The van der Waals surface area contributed by atoms with Crippen LogP contribution in [0.2, 0.25) is 0 Å². The fourth-order valence-corrected chi connectivity index (χ4v) is 2.65. The molecule has 0 radical (unpaired) electrons. The molecule has 0 atom stereocenters. The molecule has 5 nitrogen and oxygen atoms in total. The highest BCUT2D eigenvalue weighted by molar-refractivity contribution is 7.92. The van der Waals surface area contributed by atoms with E-state index in [1.165, 1.54) is 24.4 Å². The average Bonchev–Trinajstić information content (AvgIpc) is 2.81. The highest BCUT2D eigenvalue weighted by atomic mass is 32.2. The number of benzene rings is 1. The summed E-state index contributed by atoms with van der Waals surface area (Å²) in [4.78, 5) is -0.793. The molecule has 0 spiro atoms. The summed E-state index contributed by atoms with van der Waals surface area (Å²) in [5, 5.41) is 9.16. The van der Waals surface area contributed by atoms with Crippen molar-refractivity contribution in [3.05, 3.63) is 41.7 Å². The van der Waals surface area contributed by atoms with Crippen molar-refractivity contribution >= 4 is 15.5 Å². The third-order valence-corrected chi connectivity index (χ3v) is 4.43. The molecule has 0 amide bonds. The Hall–Kier alpha value is -2.03. The molecular weight excluding hydrogens is 307 g/mol. The van der Waals surface area contributed by atoms with Crippen LogP contribution >= 0.6 is 0 Å². The first-order valence-corrected chi connectivity index (χ1v) is 7.35. The van der Waals surface area contributed by atoms with Crippen LogP contribution in [0.4, 0.5) is 18.9 Å². The molecule has 0 aliphatic rings. The molecule has 0 fully saturated rings. The van der Waals surface area contributed by atoms with Gasteiger partial charge in [0.05, 0.1) is 16.8 Å². The van der Waals surface area contributed by atoms with Gasteiger partial charge in [-0.2, -0.15) is 18.3 Å². The van der Waals surface area contributed by atoms with Gasteiger partial charge in [0.25, 0.3) is 9.84 Å². The summed E-state index contributed by atoms with van der Waals surface area (Å²) in [6.45, 7) is 1.91. The van der Waals surface area contributed by atoms with E-state index in [0.29, 0.717) is 0 Å². The Bertz CT molecular complexity index is 738. The minimum atomic E-state index is -5.39. The smallest absolute Gasteiger partial charge is 0.380 e. The maximum absolute atomic E-state index is 12.6. The van der Waals surface area contributed by atoms with E-state index >= 15 is 0 Å². The minimum absolute atomic E-state index is 0.101. The number of nitrogens with zero attached hydrogens (tertiary/aromatic N) is 1. The third kappa shape index (κ3) is 3.02. The number of sulfone groups is 1. The van der Waals surface area contributed by atoms with E-state index in [-0.39, 0.29) is 12.2 Å². The van der Waals surface area contributed by atoms with Gasteiger partial charge in [0.1, 0.15) is 0 Å². The molecule has 0 unspecified atom stereocenters. The molecule has 114 valence electrons. The molecule has 0 saturated heterocycles. The summed E-state index contributed by atoms with van der Waals surface area (Å²) < 4.78 is 61.0. The van der Waals surface area contributed by atoms with Gasteiger partial charge in [0, 0.05) is 17.8 Å². The Morgan fingerprint density at radius 2 is 1.95 bits per heavy atom. The monoisotopic (exact) mass is 319 g/mol. The van der Waals surface area contributed by atoms with Gasteiger partial charge in [0.2, 0.25) is 0 Å². The van der Waals surface area contributed by atoms with E-state index in [0.717, 1.165) is 17.3 Å². The number of para-hydroxylation sites is 1. The van der Waals surface area contributed by atoms with Crippen molar-refractivity contribution in [2.45, 2.75) is 23.9 Å². The van der Waals surface area contributed by atoms with Gasteiger partial charge in [-0.1, -0.05) is 12.1 Å². The highest BCUT2D eigenvalue weighted by Crippen LogP contribution is 2.34. The van der Waals surface area contributed by atoms with Crippen LogP contribution in [0.15, 0.2) is 35.4 Å². The lowest BCUT2D eigenvalue weighted by molar-refractivity contribution is -0.0435. The van der Waals surface area contributed by atoms with Crippen LogP contribution in [0.25, 0.3) is 0 Å². The first kappa shape index (κ1) is 15.4. The fourth-order valence-electron chi connectivity index (χ4n) is 1.72. The number of nitrogens with one attached hydrogen (secondary N) is 2. The molecule has 2 aromatic rings. The number of anilines is 1. The van der Waals surface area contributed by atoms with E-state index in [2.05, 4.69) is 15.5 Å². The Kier molecular flexibility index (Phi) is 3.95. The van der Waals surface area contributed by atoms with Gasteiger partial charge in [-0.05, 0) is 19.1 Å². The van der Waals surface area contributed by atoms with E-state index in [1.807, 2.05) is 0 Å². The lowest BCUT2D eigenvalue weighted by Crippen LogP contribution is -2.24. The molecule has 2 N–H and O–H groups in total. The largest absolute Gasteiger partial charge is 0.501 e. The fraction of sp³-hybridized carbons (Fsp3) is 0.250. The maximum Gasteiger partial charge on any atom is 0.501 e. The van der Waals surface area contributed by atoms with Crippen LogP contribution in [0.1, 0.15) is 11.3 Å². The second-order valence-corrected chi connectivity index (χ2v) is 6.23. The summed E-state index contributed by atoms with van der Waals surface area (Å²) in [7, 11) is -5.39. The normalized spacial score (nSPS) is 12.4. The third-order valence-electron chi connectivity index (χ3n) is 2.88. The molecule has 1 aromatic heterocycles. The first-order chi connectivity index (χ1) is 9.73. The Labute approximate surface area is 119 Å². The van der Waals surface area contributed by atoms with E-state index < -0.39 is 20.2 Å². The van der Waals surface area contributed by atoms with Crippen molar-refractivity contribution in [3.8, 4) is 0 Å². The van der Waals surface area contributed by atoms with Crippen LogP contribution in [-0.2, 0) is 16.4 Å². The van der Waals surface area contributed by atoms with Gasteiger partial charge >= 0.3 is 5.51 Å². The Balaban J connectivity index is 2.32. The molecule has 2 rings (SSSR count). The van der Waals surface area contributed by atoms with Crippen molar-refractivity contribution < 1.29 is 21.6 Å². The van der Waals surface area contributed by atoms with E-state index in [4.69, 9.17) is 0 Å². The van der Waals surface area contributed by atoms with Gasteiger partial charge in [-0.25, -0.2) is 8.42 Å². The van der Waals surface area contributed by atoms with Crippen molar-refractivity contribution in [2.24, 2.45) is 0 Å². The summed E-state index contributed by atoms with van der Waals surface area (Å²) >= 11 is 0. The molecule has 9 heteroatoms. The van der Waals surface area contributed by atoms with Crippen molar-refractivity contribution in [1.29, 1.82) is 0 Å². The molecule has 21 heavy (non-hydrogen) atoms. The zero-order valence-corrected chi connectivity index (χ0v) is 11.7. The van der Waals surface area contributed by atoms with Gasteiger partial charge in [-0.3, -0.25) is 5.10 Å². The Morgan fingerprint density at radius 3 is 2.52 bits per heavy atom. The quantitative estimate of drug-likeness (QED) is 0.908. The summed E-state index contributed by atoms with van der Waals surface area (Å²) in [5.41, 5.74) is -3.96. The van der Waals surface area contributed by atoms with E-state index in [1.54, 1.807) is 6.92 Å². The highest BCUT2D eigenvalue weighted by Gasteiger charge is 2.47. The zero-order valence-electron chi connectivity index (χ0n) is 10.9. The van der Waals surface area contributed by atoms with Crippen LogP contribution in [0, 0.1) is 6.92 Å². The molecule has 0 saturated carbocycles. The number of hydrogen-bond donors (Lipinski definition) is 2. The molecule has 0 bridgehead atoms. The number of aromatic amines is 1. The number of H-pyrrole nitrogens is 1. The number of alkyl halides is 3. The molecule has 1 aromatic carbocycles.